The van der Waals surface area contributed by atoms with Crippen LogP contribution in [-0.4, -0.2) is 0 Å². The zero-order valence-electron chi connectivity index (χ0n) is 8.33. The Morgan fingerprint density at radius 1 is 0.800 bits per heavy atom. The highest BCUT2D eigenvalue weighted by molar-refractivity contribution is 9.09. The molecule has 0 bridgehead atoms. The molecule has 0 aliphatic carbocycles. The van der Waals surface area contributed by atoms with Gasteiger partial charge in [-0.3, -0.25) is 0 Å². The van der Waals surface area contributed by atoms with Gasteiger partial charge in [0, 0.05) is 24.3 Å². The molecule has 2 aromatic rings. The van der Waals surface area contributed by atoms with Gasteiger partial charge in [0.1, 0.15) is 0 Å². The van der Waals surface area contributed by atoms with Gasteiger partial charge in [0.15, 0.2) is 24.8 Å². The van der Waals surface area contributed by atoms with E-state index >= 15 is 0 Å². The minimum Gasteiger partial charge on any atom is -0.197 e. The first kappa shape index (κ1) is 10.3. The lowest BCUT2D eigenvalue weighted by molar-refractivity contribution is -0.779. The van der Waals surface area contributed by atoms with E-state index in [9.17, 15) is 0 Å². The van der Waals surface area contributed by atoms with E-state index in [2.05, 4.69) is 49.9 Å². The Morgan fingerprint density at radius 3 is 1.93 bits per heavy atom. The van der Waals surface area contributed by atoms with Gasteiger partial charge in [-0.2, -0.15) is 9.13 Å². The Balaban J connectivity index is 2.08. The van der Waals surface area contributed by atoms with Crippen molar-refractivity contribution in [1.29, 1.82) is 0 Å². The molecule has 0 radical (unpaired) electrons. The number of hydrogen-bond acceptors (Lipinski definition) is 0. The Hall–Kier alpha value is -1.22. The van der Waals surface area contributed by atoms with Crippen LogP contribution in [0.2, 0.25) is 0 Å². The normalized spacial score (nSPS) is 12.3. The predicted octanol–water partition coefficient (Wildman–Crippen LogP) is 1.86. The van der Waals surface area contributed by atoms with Crippen LogP contribution in [0.3, 0.4) is 0 Å². The zero-order valence-corrected chi connectivity index (χ0v) is 9.92. The summed E-state index contributed by atoms with van der Waals surface area (Å²) in [6, 6.07) is 12.2. The second kappa shape index (κ2) is 5.03. The molecule has 0 fully saturated rings. The standard InChI is InChI=1S/C12H13BrN2/c13-12(15-9-5-2-6-10-15)11-14-7-3-1-4-8-14/h1-10,12H,11H2/q+2. The van der Waals surface area contributed by atoms with Crippen molar-refractivity contribution < 1.29 is 9.13 Å². The summed E-state index contributed by atoms with van der Waals surface area (Å²) in [5, 5.41) is 0. The molecule has 2 nitrogen and oxygen atoms in total. The molecular formula is C12H13BrN2+2. The molecule has 0 saturated heterocycles. The summed E-state index contributed by atoms with van der Waals surface area (Å²) in [4.78, 5) is 0.283. The predicted molar refractivity (Wildman–Crippen MR) is 61.2 cm³/mol. The Labute approximate surface area is 97.9 Å². The maximum atomic E-state index is 3.66. The van der Waals surface area contributed by atoms with E-state index in [-0.39, 0.29) is 4.95 Å². The van der Waals surface area contributed by atoms with Gasteiger partial charge in [0.05, 0.1) is 0 Å². The first-order valence-corrected chi connectivity index (χ1v) is 5.82. The summed E-state index contributed by atoms with van der Waals surface area (Å²) in [7, 11) is 0. The number of hydrogen-bond donors (Lipinski definition) is 0. The van der Waals surface area contributed by atoms with Crippen molar-refractivity contribution in [3.63, 3.8) is 0 Å². The number of aromatic nitrogens is 2. The minimum atomic E-state index is 0.283. The average molecular weight is 265 g/mol. The zero-order chi connectivity index (χ0) is 10.5. The van der Waals surface area contributed by atoms with Crippen LogP contribution in [-0.2, 0) is 6.54 Å². The monoisotopic (exact) mass is 264 g/mol. The van der Waals surface area contributed by atoms with Crippen LogP contribution in [0, 0.1) is 0 Å². The van der Waals surface area contributed by atoms with E-state index in [1.807, 2.05) is 36.4 Å². The molecule has 0 amide bonds. The van der Waals surface area contributed by atoms with Crippen molar-refractivity contribution in [2.24, 2.45) is 0 Å². The third-order valence-electron chi connectivity index (χ3n) is 2.20. The fourth-order valence-electron chi connectivity index (χ4n) is 1.42. The van der Waals surface area contributed by atoms with E-state index in [0.29, 0.717) is 0 Å². The number of nitrogens with zero attached hydrogens (tertiary/aromatic N) is 2. The quantitative estimate of drug-likeness (QED) is 0.591. The fraction of sp³-hybridized carbons (Fsp3) is 0.167. The molecule has 0 saturated carbocycles. The Bertz CT molecular complexity index is 402. The summed E-state index contributed by atoms with van der Waals surface area (Å²) >= 11 is 3.66. The van der Waals surface area contributed by atoms with Crippen LogP contribution in [0.1, 0.15) is 4.95 Å². The maximum absolute atomic E-state index is 3.66. The number of pyridine rings is 2. The van der Waals surface area contributed by atoms with Crippen molar-refractivity contribution in [2.75, 3.05) is 0 Å². The second-order valence-corrected chi connectivity index (χ2v) is 4.39. The van der Waals surface area contributed by atoms with Crippen LogP contribution in [0.15, 0.2) is 61.2 Å². The highest BCUT2D eigenvalue weighted by Gasteiger charge is 2.18. The highest BCUT2D eigenvalue weighted by atomic mass is 79.9. The van der Waals surface area contributed by atoms with Crippen LogP contribution < -0.4 is 9.13 Å². The molecule has 2 rings (SSSR count). The van der Waals surface area contributed by atoms with Gasteiger partial charge >= 0.3 is 0 Å². The molecule has 0 N–H and O–H groups in total. The molecule has 2 aromatic heterocycles. The minimum absolute atomic E-state index is 0.283. The van der Waals surface area contributed by atoms with Gasteiger partial charge in [-0.05, 0) is 15.9 Å². The summed E-state index contributed by atoms with van der Waals surface area (Å²) in [6.45, 7) is 0.912. The molecular weight excluding hydrogens is 252 g/mol. The molecule has 3 heteroatoms. The van der Waals surface area contributed by atoms with E-state index < -0.39 is 0 Å². The smallest absolute Gasteiger partial charge is 0.197 e. The fourth-order valence-corrected chi connectivity index (χ4v) is 2.03. The topological polar surface area (TPSA) is 7.76 Å². The largest absolute Gasteiger partial charge is 0.270 e. The molecule has 15 heavy (non-hydrogen) atoms. The van der Waals surface area contributed by atoms with E-state index in [1.54, 1.807) is 0 Å². The van der Waals surface area contributed by atoms with Crippen molar-refractivity contribution in [2.45, 2.75) is 11.5 Å². The lowest BCUT2D eigenvalue weighted by atomic mass is 10.4. The molecule has 0 aliphatic rings. The molecule has 0 spiro atoms. The molecule has 1 atom stereocenters. The number of halogens is 1. The third kappa shape index (κ3) is 2.86. The van der Waals surface area contributed by atoms with Gasteiger partial charge < -0.3 is 0 Å². The molecule has 2 heterocycles. The van der Waals surface area contributed by atoms with Crippen LogP contribution in [0.25, 0.3) is 0 Å². The SMILES string of the molecule is BrC(C[n+]1ccccc1)[n+]1ccccc1. The first-order valence-electron chi connectivity index (χ1n) is 4.90. The lowest BCUT2D eigenvalue weighted by Gasteiger charge is -2.01. The molecule has 1 unspecified atom stereocenters. The second-order valence-electron chi connectivity index (χ2n) is 3.33. The van der Waals surface area contributed by atoms with E-state index in [1.165, 1.54) is 0 Å². The van der Waals surface area contributed by atoms with Gasteiger partial charge in [0.25, 0.3) is 4.95 Å². The first-order chi connectivity index (χ1) is 7.36. The summed E-state index contributed by atoms with van der Waals surface area (Å²) < 4.78 is 4.29. The highest BCUT2D eigenvalue weighted by Crippen LogP contribution is 2.05. The van der Waals surface area contributed by atoms with E-state index in [4.69, 9.17) is 0 Å². The average Bonchev–Trinajstić information content (AvgIpc) is 2.31. The maximum Gasteiger partial charge on any atom is 0.270 e. The van der Waals surface area contributed by atoms with Crippen molar-refractivity contribution in [3.8, 4) is 0 Å². The van der Waals surface area contributed by atoms with Gasteiger partial charge in [0.2, 0.25) is 6.54 Å². The third-order valence-corrected chi connectivity index (χ3v) is 2.96. The van der Waals surface area contributed by atoms with Gasteiger partial charge in [-0.15, -0.1) is 0 Å². The van der Waals surface area contributed by atoms with Crippen LogP contribution in [0.4, 0.5) is 0 Å². The van der Waals surface area contributed by atoms with Crippen molar-refractivity contribution in [1.82, 2.24) is 0 Å². The molecule has 76 valence electrons. The summed E-state index contributed by atoms with van der Waals surface area (Å²) in [6.07, 6.45) is 8.25. The molecule has 0 aromatic carbocycles. The summed E-state index contributed by atoms with van der Waals surface area (Å²) in [5.41, 5.74) is 0. The Kier molecular flexibility index (Phi) is 3.45. The lowest BCUT2D eigenvalue weighted by Crippen LogP contribution is -2.45. The van der Waals surface area contributed by atoms with Crippen molar-refractivity contribution >= 4 is 15.9 Å². The van der Waals surface area contributed by atoms with Crippen LogP contribution >= 0.6 is 15.9 Å². The van der Waals surface area contributed by atoms with Gasteiger partial charge in [-0.1, -0.05) is 12.1 Å². The summed E-state index contributed by atoms with van der Waals surface area (Å²) in [5.74, 6) is 0. The van der Waals surface area contributed by atoms with E-state index in [0.717, 1.165) is 6.54 Å². The van der Waals surface area contributed by atoms with Gasteiger partial charge in [-0.25, -0.2) is 0 Å². The number of rotatable bonds is 3. The van der Waals surface area contributed by atoms with Crippen molar-refractivity contribution in [3.05, 3.63) is 61.2 Å². The Morgan fingerprint density at radius 2 is 1.33 bits per heavy atom. The number of alkyl halides is 1. The molecule has 0 aliphatic heterocycles. The van der Waals surface area contributed by atoms with Crippen LogP contribution in [0.5, 0.6) is 0 Å².